The van der Waals surface area contributed by atoms with Gasteiger partial charge in [-0.25, -0.2) is 0 Å². The molecule has 0 bridgehead atoms. The van der Waals surface area contributed by atoms with Gasteiger partial charge in [-0.3, -0.25) is 0 Å². The first kappa shape index (κ1) is 10.5. The molecule has 2 heterocycles. The molecular weight excluding hydrogens is 204 g/mol. The van der Waals surface area contributed by atoms with E-state index in [0.717, 1.165) is 11.4 Å². The zero-order valence-corrected chi connectivity index (χ0v) is 9.14. The van der Waals surface area contributed by atoms with Gasteiger partial charge in [0.05, 0.1) is 19.1 Å². The molecule has 0 saturated carbocycles. The van der Waals surface area contributed by atoms with E-state index in [2.05, 4.69) is 10.3 Å². The Bertz CT molecular complexity index is 426. The number of nitrogens with one attached hydrogen (secondary N) is 1. The standard InChI is InChI=1S/C12H14N2O2/c1-2-16-12-5-3-4-11(14-12)13-8-10-6-7-15-9-10/h3-7,9H,2,8H2,1H3,(H,13,14). The summed E-state index contributed by atoms with van der Waals surface area (Å²) in [5, 5.41) is 3.19. The van der Waals surface area contributed by atoms with Crippen molar-refractivity contribution < 1.29 is 9.15 Å². The van der Waals surface area contributed by atoms with Gasteiger partial charge in [0.25, 0.3) is 0 Å². The molecule has 2 aromatic heterocycles. The lowest BCUT2D eigenvalue weighted by molar-refractivity contribution is 0.327. The highest BCUT2D eigenvalue weighted by Crippen LogP contribution is 2.12. The van der Waals surface area contributed by atoms with E-state index in [1.807, 2.05) is 31.2 Å². The molecule has 4 nitrogen and oxygen atoms in total. The molecule has 0 unspecified atom stereocenters. The van der Waals surface area contributed by atoms with Gasteiger partial charge >= 0.3 is 0 Å². The predicted molar refractivity (Wildman–Crippen MR) is 61.4 cm³/mol. The summed E-state index contributed by atoms with van der Waals surface area (Å²) in [5.74, 6) is 1.44. The van der Waals surface area contributed by atoms with Crippen LogP contribution in [-0.2, 0) is 6.54 Å². The van der Waals surface area contributed by atoms with Crippen molar-refractivity contribution in [1.82, 2.24) is 4.98 Å². The first-order chi connectivity index (χ1) is 7.88. The highest BCUT2D eigenvalue weighted by Gasteiger charge is 1.98. The fourth-order valence-corrected chi connectivity index (χ4v) is 1.33. The molecule has 0 saturated heterocycles. The van der Waals surface area contributed by atoms with E-state index in [1.54, 1.807) is 12.5 Å². The Labute approximate surface area is 94.3 Å². The molecule has 0 radical (unpaired) electrons. The van der Waals surface area contributed by atoms with Gasteiger partial charge in [0.1, 0.15) is 5.82 Å². The third kappa shape index (κ3) is 2.76. The lowest BCUT2D eigenvalue weighted by atomic mass is 10.3. The van der Waals surface area contributed by atoms with Gasteiger partial charge in [-0.05, 0) is 19.1 Å². The molecule has 0 fully saturated rings. The monoisotopic (exact) mass is 218 g/mol. The molecule has 1 N–H and O–H groups in total. The smallest absolute Gasteiger partial charge is 0.215 e. The summed E-state index contributed by atoms with van der Waals surface area (Å²) in [7, 11) is 0. The molecule has 0 aliphatic rings. The average molecular weight is 218 g/mol. The van der Waals surface area contributed by atoms with Gasteiger partial charge in [-0.1, -0.05) is 6.07 Å². The lowest BCUT2D eigenvalue weighted by Gasteiger charge is -2.06. The van der Waals surface area contributed by atoms with Gasteiger partial charge in [-0.2, -0.15) is 4.98 Å². The summed E-state index contributed by atoms with van der Waals surface area (Å²) in [6.45, 7) is 3.25. The molecular formula is C12H14N2O2. The summed E-state index contributed by atoms with van der Waals surface area (Å²) < 4.78 is 10.3. The molecule has 84 valence electrons. The largest absolute Gasteiger partial charge is 0.478 e. The van der Waals surface area contributed by atoms with E-state index in [0.29, 0.717) is 19.0 Å². The maximum atomic E-state index is 5.31. The Kier molecular flexibility index (Phi) is 3.43. The zero-order valence-electron chi connectivity index (χ0n) is 9.14. The maximum Gasteiger partial charge on any atom is 0.215 e. The number of aromatic nitrogens is 1. The Hall–Kier alpha value is -1.97. The molecule has 0 aromatic carbocycles. The van der Waals surface area contributed by atoms with Gasteiger partial charge in [0.15, 0.2) is 0 Å². The van der Waals surface area contributed by atoms with Crippen LogP contribution < -0.4 is 10.1 Å². The number of rotatable bonds is 5. The Morgan fingerprint density at radius 1 is 1.38 bits per heavy atom. The summed E-state index contributed by atoms with van der Waals surface area (Å²) >= 11 is 0. The van der Waals surface area contributed by atoms with Crippen LogP contribution in [0, 0.1) is 0 Å². The Morgan fingerprint density at radius 3 is 3.06 bits per heavy atom. The summed E-state index contributed by atoms with van der Waals surface area (Å²) in [5.41, 5.74) is 1.09. The highest BCUT2D eigenvalue weighted by atomic mass is 16.5. The first-order valence-corrected chi connectivity index (χ1v) is 5.23. The maximum absolute atomic E-state index is 5.31. The third-order valence-corrected chi connectivity index (χ3v) is 2.07. The van der Waals surface area contributed by atoms with Crippen molar-refractivity contribution in [2.45, 2.75) is 13.5 Å². The molecule has 2 rings (SSSR count). The number of furan rings is 1. The zero-order chi connectivity index (χ0) is 11.2. The quantitative estimate of drug-likeness (QED) is 0.838. The number of hydrogen-bond acceptors (Lipinski definition) is 4. The van der Waals surface area contributed by atoms with Gasteiger partial charge in [-0.15, -0.1) is 0 Å². The summed E-state index contributed by atoms with van der Waals surface area (Å²) in [6, 6.07) is 7.57. The van der Waals surface area contributed by atoms with Crippen molar-refractivity contribution in [2.75, 3.05) is 11.9 Å². The Balaban J connectivity index is 1.96. The number of hydrogen-bond donors (Lipinski definition) is 1. The molecule has 0 amide bonds. The second kappa shape index (κ2) is 5.21. The van der Waals surface area contributed by atoms with Crippen molar-refractivity contribution in [3.8, 4) is 5.88 Å². The second-order valence-electron chi connectivity index (χ2n) is 3.28. The van der Waals surface area contributed by atoms with Crippen LogP contribution in [0.15, 0.2) is 41.2 Å². The number of ether oxygens (including phenoxy) is 1. The Morgan fingerprint density at radius 2 is 2.31 bits per heavy atom. The van der Waals surface area contributed by atoms with Crippen LogP contribution in [0.2, 0.25) is 0 Å². The van der Waals surface area contributed by atoms with Crippen LogP contribution in [0.1, 0.15) is 12.5 Å². The van der Waals surface area contributed by atoms with E-state index in [1.165, 1.54) is 0 Å². The van der Waals surface area contributed by atoms with Gasteiger partial charge in [0, 0.05) is 18.2 Å². The van der Waals surface area contributed by atoms with Crippen LogP contribution in [0.5, 0.6) is 5.88 Å². The SMILES string of the molecule is CCOc1cccc(NCc2ccoc2)n1. The van der Waals surface area contributed by atoms with Crippen LogP contribution in [-0.4, -0.2) is 11.6 Å². The van der Waals surface area contributed by atoms with Crippen LogP contribution in [0.3, 0.4) is 0 Å². The fraction of sp³-hybridized carbons (Fsp3) is 0.250. The van der Waals surface area contributed by atoms with E-state index < -0.39 is 0 Å². The molecule has 0 aliphatic carbocycles. The van der Waals surface area contributed by atoms with E-state index >= 15 is 0 Å². The van der Waals surface area contributed by atoms with Gasteiger partial charge < -0.3 is 14.5 Å². The van der Waals surface area contributed by atoms with Crippen molar-refractivity contribution in [2.24, 2.45) is 0 Å². The molecule has 16 heavy (non-hydrogen) atoms. The lowest BCUT2D eigenvalue weighted by Crippen LogP contribution is -2.02. The van der Waals surface area contributed by atoms with E-state index in [4.69, 9.17) is 9.15 Å². The number of nitrogens with zero attached hydrogens (tertiary/aromatic N) is 1. The number of anilines is 1. The minimum Gasteiger partial charge on any atom is -0.478 e. The molecule has 2 aromatic rings. The van der Waals surface area contributed by atoms with Crippen molar-refractivity contribution in [3.63, 3.8) is 0 Å². The fourth-order valence-electron chi connectivity index (χ4n) is 1.33. The minimum absolute atomic E-state index is 0.623. The molecule has 0 spiro atoms. The van der Waals surface area contributed by atoms with Crippen LogP contribution in [0.4, 0.5) is 5.82 Å². The van der Waals surface area contributed by atoms with Crippen LogP contribution in [0.25, 0.3) is 0 Å². The normalized spacial score (nSPS) is 10.1. The van der Waals surface area contributed by atoms with Gasteiger partial charge in [0.2, 0.25) is 5.88 Å². The minimum atomic E-state index is 0.623. The van der Waals surface area contributed by atoms with E-state index in [-0.39, 0.29) is 0 Å². The third-order valence-electron chi connectivity index (χ3n) is 2.07. The second-order valence-corrected chi connectivity index (χ2v) is 3.28. The van der Waals surface area contributed by atoms with E-state index in [9.17, 15) is 0 Å². The average Bonchev–Trinajstić information content (AvgIpc) is 2.80. The summed E-state index contributed by atoms with van der Waals surface area (Å²) in [4.78, 5) is 4.30. The highest BCUT2D eigenvalue weighted by molar-refractivity contribution is 5.37. The van der Waals surface area contributed by atoms with Crippen molar-refractivity contribution >= 4 is 5.82 Å². The summed E-state index contributed by atoms with van der Waals surface area (Å²) in [6.07, 6.45) is 3.36. The predicted octanol–water partition coefficient (Wildman–Crippen LogP) is 2.69. The van der Waals surface area contributed by atoms with Crippen molar-refractivity contribution in [1.29, 1.82) is 0 Å². The topological polar surface area (TPSA) is 47.3 Å². The van der Waals surface area contributed by atoms with Crippen LogP contribution >= 0.6 is 0 Å². The first-order valence-electron chi connectivity index (χ1n) is 5.23. The van der Waals surface area contributed by atoms with Crippen molar-refractivity contribution in [3.05, 3.63) is 42.4 Å². The number of pyridine rings is 1. The molecule has 4 heteroatoms. The molecule has 0 atom stereocenters. The molecule has 0 aliphatic heterocycles.